The van der Waals surface area contributed by atoms with Crippen molar-refractivity contribution in [2.24, 2.45) is 0 Å². The van der Waals surface area contributed by atoms with E-state index in [9.17, 15) is 0 Å². The molecule has 4 heteroatoms. The number of hydrogen-bond acceptors (Lipinski definition) is 3. The first-order chi connectivity index (χ1) is 11.2. The quantitative estimate of drug-likeness (QED) is 0.458. The predicted molar refractivity (Wildman–Crippen MR) is 97.2 cm³/mol. The van der Waals surface area contributed by atoms with Gasteiger partial charge in [0.2, 0.25) is 0 Å². The van der Waals surface area contributed by atoms with Gasteiger partial charge in [0, 0.05) is 4.47 Å². The number of hydrogen-bond donors (Lipinski definition) is 0. The fourth-order valence-corrected chi connectivity index (χ4v) is 2.41. The third-order valence-corrected chi connectivity index (χ3v) is 3.51. The van der Waals surface area contributed by atoms with Crippen LogP contribution >= 0.6 is 15.9 Å². The van der Waals surface area contributed by atoms with Gasteiger partial charge in [-0.05, 0) is 49.2 Å². The van der Waals surface area contributed by atoms with Crippen molar-refractivity contribution in [3.63, 3.8) is 0 Å². The second-order valence-corrected chi connectivity index (χ2v) is 5.69. The maximum Gasteiger partial charge on any atom is 0.315 e. The monoisotopic (exact) mass is 376 g/mol. The molecule has 0 unspecified atom stereocenters. The SMILES string of the molecule is CCOC(OCC)Oc1cccc(/C=C/c2cccc(Br)c2)c1. The lowest BCUT2D eigenvalue weighted by Gasteiger charge is -2.18. The minimum atomic E-state index is -0.672. The lowest BCUT2D eigenvalue weighted by atomic mass is 10.1. The van der Waals surface area contributed by atoms with Crippen LogP contribution in [-0.4, -0.2) is 19.7 Å². The van der Waals surface area contributed by atoms with Crippen LogP contribution < -0.4 is 4.74 Å². The van der Waals surface area contributed by atoms with Gasteiger partial charge in [0.15, 0.2) is 0 Å². The normalized spacial score (nSPS) is 11.3. The van der Waals surface area contributed by atoms with Crippen LogP contribution in [0.2, 0.25) is 0 Å². The summed E-state index contributed by atoms with van der Waals surface area (Å²) in [6, 6.07) is 16.0. The van der Waals surface area contributed by atoms with Gasteiger partial charge in [0.25, 0.3) is 0 Å². The molecule has 23 heavy (non-hydrogen) atoms. The van der Waals surface area contributed by atoms with E-state index in [-0.39, 0.29) is 0 Å². The predicted octanol–water partition coefficient (Wildman–Crippen LogP) is 5.35. The van der Waals surface area contributed by atoms with E-state index in [1.54, 1.807) is 0 Å². The Morgan fingerprint density at radius 3 is 2.13 bits per heavy atom. The Balaban J connectivity index is 2.07. The summed E-state index contributed by atoms with van der Waals surface area (Å²) in [5.41, 5.74) is 2.18. The van der Waals surface area contributed by atoms with Crippen LogP contribution in [0.4, 0.5) is 0 Å². The lowest BCUT2D eigenvalue weighted by molar-refractivity contribution is -0.242. The van der Waals surface area contributed by atoms with Crippen LogP contribution in [0.5, 0.6) is 5.75 Å². The Bertz CT molecular complexity index is 634. The molecule has 2 rings (SSSR count). The number of rotatable bonds is 8. The maximum atomic E-state index is 5.72. The second kappa shape index (κ2) is 9.50. The molecule has 0 aliphatic carbocycles. The van der Waals surface area contributed by atoms with Gasteiger partial charge >= 0.3 is 6.48 Å². The van der Waals surface area contributed by atoms with E-state index in [4.69, 9.17) is 14.2 Å². The largest absolute Gasteiger partial charge is 0.441 e. The topological polar surface area (TPSA) is 27.7 Å². The summed E-state index contributed by atoms with van der Waals surface area (Å²) in [4.78, 5) is 0. The van der Waals surface area contributed by atoms with Gasteiger partial charge in [-0.25, -0.2) is 0 Å². The fourth-order valence-electron chi connectivity index (χ4n) is 1.99. The molecule has 0 aliphatic heterocycles. The highest BCUT2D eigenvalue weighted by atomic mass is 79.9. The highest BCUT2D eigenvalue weighted by Crippen LogP contribution is 2.19. The fraction of sp³-hybridized carbons (Fsp3) is 0.263. The van der Waals surface area contributed by atoms with Crippen molar-refractivity contribution >= 4 is 28.1 Å². The molecule has 0 atom stereocenters. The van der Waals surface area contributed by atoms with Gasteiger partial charge in [0.1, 0.15) is 5.75 Å². The third kappa shape index (κ3) is 6.18. The molecule has 0 radical (unpaired) electrons. The summed E-state index contributed by atoms with van der Waals surface area (Å²) in [5.74, 6) is 0.716. The molecule has 3 nitrogen and oxygen atoms in total. The van der Waals surface area contributed by atoms with Crippen molar-refractivity contribution in [2.45, 2.75) is 20.3 Å². The molecule has 2 aromatic carbocycles. The summed E-state index contributed by atoms with van der Waals surface area (Å²) in [6.07, 6.45) is 4.11. The first-order valence-electron chi connectivity index (χ1n) is 7.65. The summed E-state index contributed by atoms with van der Waals surface area (Å²) in [7, 11) is 0. The first kappa shape index (κ1) is 17.7. The Labute approximate surface area is 146 Å². The average Bonchev–Trinajstić information content (AvgIpc) is 2.54. The van der Waals surface area contributed by atoms with Crippen LogP contribution in [0, 0.1) is 0 Å². The van der Waals surface area contributed by atoms with Gasteiger partial charge in [-0.15, -0.1) is 0 Å². The van der Waals surface area contributed by atoms with Crippen LogP contribution in [0.15, 0.2) is 53.0 Å². The smallest absolute Gasteiger partial charge is 0.315 e. The lowest BCUT2D eigenvalue weighted by Crippen LogP contribution is -2.24. The maximum absolute atomic E-state index is 5.72. The molecule has 2 aromatic rings. The van der Waals surface area contributed by atoms with Gasteiger partial charge in [-0.3, -0.25) is 0 Å². The summed E-state index contributed by atoms with van der Waals surface area (Å²) >= 11 is 3.47. The van der Waals surface area contributed by atoms with Gasteiger partial charge in [0.05, 0.1) is 13.2 Å². The minimum Gasteiger partial charge on any atom is -0.441 e. The van der Waals surface area contributed by atoms with E-state index in [1.807, 2.05) is 56.3 Å². The summed E-state index contributed by atoms with van der Waals surface area (Å²) in [5, 5.41) is 0. The minimum absolute atomic E-state index is 0.535. The average molecular weight is 377 g/mol. The molecule has 0 saturated carbocycles. The Kier molecular flexibility index (Phi) is 7.33. The van der Waals surface area contributed by atoms with Crippen LogP contribution in [0.3, 0.4) is 0 Å². The molecule has 0 saturated heterocycles. The van der Waals surface area contributed by atoms with Gasteiger partial charge in [-0.2, -0.15) is 0 Å². The molecular formula is C19H21BrO3. The van der Waals surface area contributed by atoms with Crippen molar-refractivity contribution < 1.29 is 14.2 Å². The van der Waals surface area contributed by atoms with Crippen LogP contribution in [0.1, 0.15) is 25.0 Å². The standard InChI is InChI=1S/C19H21BrO3/c1-3-21-19(22-4-2)23-18-10-6-8-16(14-18)12-11-15-7-5-9-17(20)13-15/h5-14,19H,3-4H2,1-2H3/b12-11+. The van der Waals surface area contributed by atoms with E-state index in [0.717, 1.165) is 15.6 Å². The molecule has 0 heterocycles. The van der Waals surface area contributed by atoms with Crippen molar-refractivity contribution in [2.75, 3.05) is 13.2 Å². The Morgan fingerprint density at radius 1 is 0.913 bits per heavy atom. The Morgan fingerprint density at radius 2 is 1.52 bits per heavy atom. The summed E-state index contributed by atoms with van der Waals surface area (Å²) in [6.45, 7) is 4.22. The molecular weight excluding hydrogens is 356 g/mol. The zero-order valence-corrected chi connectivity index (χ0v) is 15.0. The van der Waals surface area contributed by atoms with E-state index in [1.165, 1.54) is 0 Å². The zero-order chi connectivity index (χ0) is 16.5. The molecule has 0 N–H and O–H groups in total. The van der Waals surface area contributed by atoms with Crippen LogP contribution in [0.25, 0.3) is 12.2 Å². The summed E-state index contributed by atoms with van der Waals surface area (Å²) < 4.78 is 17.6. The van der Waals surface area contributed by atoms with Crippen molar-refractivity contribution in [3.8, 4) is 5.75 Å². The molecule has 0 amide bonds. The van der Waals surface area contributed by atoms with Crippen molar-refractivity contribution in [1.82, 2.24) is 0 Å². The van der Waals surface area contributed by atoms with Crippen molar-refractivity contribution in [1.29, 1.82) is 0 Å². The molecule has 0 aromatic heterocycles. The Hall–Kier alpha value is -1.62. The van der Waals surface area contributed by atoms with Crippen LogP contribution in [-0.2, 0) is 9.47 Å². The highest BCUT2D eigenvalue weighted by molar-refractivity contribution is 9.10. The third-order valence-electron chi connectivity index (χ3n) is 3.01. The molecule has 0 aliphatic rings. The molecule has 122 valence electrons. The van der Waals surface area contributed by atoms with Crippen molar-refractivity contribution in [3.05, 3.63) is 64.1 Å². The van der Waals surface area contributed by atoms with E-state index >= 15 is 0 Å². The second-order valence-electron chi connectivity index (χ2n) is 4.78. The zero-order valence-electron chi connectivity index (χ0n) is 13.4. The van der Waals surface area contributed by atoms with Gasteiger partial charge < -0.3 is 14.2 Å². The molecule has 0 spiro atoms. The van der Waals surface area contributed by atoms with E-state index < -0.39 is 6.48 Å². The number of benzene rings is 2. The number of halogens is 1. The first-order valence-corrected chi connectivity index (χ1v) is 8.44. The van der Waals surface area contributed by atoms with Gasteiger partial charge in [-0.1, -0.05) is 52.3 Å². The highest BCUT2D eigenvalue weighted by Gasteiger charge is 2.09. The molecule has 0 bridgehead atoms. The van der Waals surface area contributed by atoms with E-state index in [0.29, 0.717) is 19.0 Å². The molecule has 0 fully saturated rings. The van der Waals surface area contributed by atoms with E-state index in [2.05, 4.69) is 34.1 Å². The number of ether oxygens (including phenoxy) is 3.